The van der Waals surface area contributed by atoms with Gasteiger partial charge in [0.25, 0.3) is 0 Å². The van der Waals surface area contributed by atoms with E-state index in [1.807, 2.05) is 23.6 Å². The standard InChI is InChI=1S/C10H11N2O4PS.2Na/c13-17(14,15)16-8-12-6-5-9(11-12)3-4-10-2-1-7-18-10;;/h1-7H,8H2,(H2,13,14,15);;/q;2*+1/p-2/b4-3+;;. The van der Waals surface area contributed by atoms with Gasteiger partial charge in [-0.2, -0.15) is 5.10 Å². The molecule has 0 saturated heterocycles. The number of rotatable bonds is 5. The van der Waals surface area contributed by atoms with Crippen molar-refractivity contribution in [3.05, 3.63) is 40.3 Å². The van der Waals surface area contributed by atoms with Crippen molar-refractivity contribution in [1.82, 2.24) is 9.78 Å². The van der Waals surface area contributed by atoms with Crippen molar-refractivity contribution in [3.8, 4) is 0 Å². The number of aromatic nitrogens is 2. The number of phosphoric ester groups is 1. The third kappa shape index (κ3) is 7.68. The topological polar surface area (TPSA) is 90.2 Å². The van der Waals surface area contributed by atoms with Crippen LogP contribution in [0.4, 0.5) is 0 Å². The molecule has 0 aromatic carbocycles. The van der Waals surface area contributed by atoms with Gasteiger partial charge in [-0.3, -0.25) is 0 Å². The molecule has 0 unspecified atom stereocenters. The molecule has 0 atom stereocenters. The van der Waals surface area contributed by atoms with Crippen LogP contribution in [0, 0.1) is 0 Å². The minimum absolute atomic E-state index is 0. The average Bonchev–Trinajstić information content (AvgIpc) is 2.94. The van der Waals surface area contributed by atoms with E-state index >= 15 is 0 Å². The summed E-state index contributed by atoms with van der Waals surface area (Å²) in [5.74, 6) is 0. The zero-order valence-electron chi connectivity index (χ0n) is 11.1. The predicted octanol–water partition coefficient (Wildman–Crippen LogP) is -5.07. The maximum Gasteiger partial charge on any atom is 1.00 e. The Morgan fingerprint density at radius 3 is 2.70 bits per heavy atom. The molecule has 96 valence electrons. The molecule has 0 radical (unpaired) electrons. The van der Waals surface area contributed by atoms with Crippen molar-refractivity contribution < 1.29 is 78.0 Å². The predicted molar refractivity (Wildman–Crippen MR) is 64.2 cm³/mol. The van der Waals surface area contributed by atoms with Crippen molar-refractivity contribution in [1.29, 1.82) is 0 Å². The molecule has 0 saturated carbocycles. The molecule has 6 nitrogen and oxygen atoms in total. The fourth-order valence-corrected chi connectivity index (χ4v) is 2.10. The average molecular weight is 330 g/mol. The molecule has 2 rings (SSSR count). The summed E-state index contributed by atoms with van der Waals surface area (Å²) in [7, 11) is -4.95. The second-order valence-electron chi connectivity index (χ2n) is 3.33. The van der Waals surface area contributed by atoms with Gasteiger partial charge in [0.1, 0.15) is 6.73 Å². The van der Waals surface area contributed by atoms with Gasteiger partial charge < -0.3 is 18.9 Å². The number of hydrogen-bond acceptors (Lipinski definition) is 6. The van der Waals surface area contributed by atoms with Crippen molar-refractivity contribution in [2.24, 2.45) is 0 Å². The van der Waals surface area contributed by atoms with Crippen molar-refractivity contribution in [2.75, 3.05) is 0 Å². The van der Waals surface area contributed by atoms with E-state index in [0.717, 1.165) is 4.88 Å². The largest absolute Gasteiger partial charge is 1.00 e. The van der Waals surface area contributed by atoms with E-state index in [1.54, 1.807) is 23.5 Å². The van der Waals surface area contributed by atoms with Crippen LogP contribution in [0.15, 0.2) is 29.8 Å². The van der Waals surface area contributed by atoms with Crippen molar-refractivity contribution in [2.45, 2.75) is 6.73 Å². The van der Waals surface area contributed by atoms with Gasteiger partial charge in [0.15, 0.2) is 0 Å². The summed E-state index contributed by atoms with van der Waals surface area (Å²) >= 11 is 1.60. The van der Waals surface area contributed by atoms with E-state index in [9.17, 15) is 14.4 Å². The Labute approximate surface area is 164 Å². The molecular weight excluding hydrogens is 321 g/mol. The summed E-state index contributed by atoms with van der Waals surface area (Å²) in [5.41, 5.74) is 0.652. The van der Waals surface area contributed by atoms with Gasteiger partial charge in [0, 0.05) is 11.1 Å². The smallest absolute Gasteiger partial charge is 0.790 e. The second-order valence-corrected chi connectivity index (χ2v) is 5.47. The summed E-state index contributed by atoms with van der Waals surface area (Å²) in [6.07, 6.45) is 5.21. The first kappa shape index (κ1) is 20.8. The summed E-state index contributed by atoms with van der Waals surface area (Å²) < 4.78 is 15.6. The molecule has 20 heavy (non-hydrogen) atoms. The van der Waals surface area contributed by atoms with E-state index in [4.69, 9.17) is 0 Å². The minimum atomic E-state index is -4.95. The number of hydrogen-bond donors (Lipinski definition) is 0. The molecule has 2 aromatic heterocycles. The molecule has 0 fully saturated rings. The van der Waals surface area contributed by atoms with Crippen LogP contribution in [0.1, 0.15) is 10.6 Å². The summed E-state index contributed by atoms with van der Waals surface area (Å²) in [6.45, 7) is -0.406. The summed E-state index contributed by atoms with van der Waals surface area (Å²) in [5, 5.41) is 5.99. The van der Waals surface area contributed by atoms with Crippen LogP contribution in [0.2, 0.25) is 0 Å². The van der Waals surface area contributed by atoms with Gasteiger partial charge in [0.05, 0.1) is 13.5 Å². The van der Waals surface area contributed by atoms with Gasteiger partial charge in [-0.1, -0.05) is 6.07 Å². The van der Waals surface area contributed by atoms with Crippen LogP contribution < -0.4 is 68.9 Å². The number of thiophene rings is 1. The van der Waals surface area contributed by atoms with E-state index < -0.39 is 14.6 Å². The fraction of sp³-hybridized carbons (Fsp3) is 0.100. The fourth-order valence-electron chi connectivity index (χ4n) is 1.22. The van der Waals surface area contributed by atoms with Gasteiger partial charge in [-0.25, -0.2) is 4.68 Å². The molecular formula is C10H9N2Na2O4PS. The minimum Gasteiger partial charge on any atom is -0.790 e. The maximum absolute atomic E-state index is 10.3. The molecule has 10 heteroatoms. The Kier molecular flexibility index (Phi) is 10.1. The molecule has 0 bridgehead atoms. The molecule has 0 spiro atoms. The van der Waals surface area contributed by atoms with E-state index in [2.05, 4.69) is 9.62 Å². The molecule has 0 aliphatic heterocycles. The van der Waals surface area contributed by atoms with E-state index in [1.165, 1.54) is 10.9 Å². The van der Waals surface area contributed by atoms with E-state index in [0.29, 0.717) is 5.69 Å². The van der Waals surface area contributed by atoms with Gasteiger partial charge in [-0.15, -0.1) is 11.3 Å². The molecule has 0 N–H and O–H groups in total. The van der Waals surface area contributed by atoms with Crippen LogP contribution in [0.3, 0.4) is 0 Å². The van der Waals surface area contributed by atoms with Crippen LogP contribution >= 0.6 is 19.2 Å². The van der Waals surface area contributed by atoms with Crippen LogP contribution in [-0.4, -0.2) is 9.78 Å². The Hall–Kier alpha value is 0.760. The van der Waals surface area contributed by atoms with Crippen LogP contribution in [-0.2, 0) is 15.8 Å². The van der Waals surface area contributed by atoms with Gasteiger partial charge >= 0.3 is 59.1 Å². The van der Waals surface area contributed by atoms with E-state index in [-0.39, 0.29) is 59.1 Å². The Morgan fingerprint density at radius 1 is 1.35 bits per heavy atom. The summed E-state index contributed by atoms with van der Waals surface area (Å²) in [6, 6.07) is 5.59. The number of nitrogens with zero attached hydrogens (tertiary/aromatic N) is 2. The first-order chi connectivity index (χ1) is 8.53. The Morgan fingerprint density at radius 2 is 2.10 bits per heavy atom. The second kappa shape index (κ2) is 9.71. The van der Waals surface area contributed by atoms with Crippen molar-refractivity contribution in [3.63, 3.8) is 0 Å². The first-order valence-corrected chi connectivity index (χ1v) is 7.29. The third-order valence-corrected chi connectivity index (χ3v) is 3.24. The van der Waals surface area contributed by atoms with Gasteiger partial charge in [-0.05, 0) is 29.7 Å². The monoisotopic (exact) mass is 330 g/mol. The zero-order valence-corrected chi connectivity index (χ0v) is 16.8. The third-order valence-electron chi connectivity index (χ3n) is 1.97. The van der Waals surface area contributed by atoms with Crippen LogP contribution in [0.5, 0.6) is 0 Å². The van der Waals surface area contributed by atoms with Crippen LogP contribution in [0.25, 0.3) is 12.2 Å². The molecule has 2 heterocycles. The molecule has 0 aliphatic carbocycles. The normalized spacial score (nSPS) is 11.1. The SMILES string of the molecule is O=P([O-])([O-])OCn1ccc(/C=C/c2cccs2)n1.[Na+].[Na+]. The first-order valence-electron chi connectivity index (χ1n) is 4.94. The molecule has 0 amide bonds. The zero-order chi connectivity index (χ0) is 13.0. The van der Waals surface area contributed by atoms with Gasteiger partial charge in [0.2, 0.25) is 0 Å². The Bertz CT molecular complexity index is 582. The maximum atomic E-state index is 10.3. The quantitative estimate of drug-likeness (QED) is 0.404. The Balaban J connectivity index is 0.00000180. The number of phosphoric acid groups is 1. The molecule has 2 aromatic rings. The summed E-state index contributed by atoms with van der Waals surface area (Å²) in [4.78, 5) is 21.7. The van der Waals surface area contributed by atoms with Crippen molar-refractivity contribution >= 4 is 31.3 Å². The molecule has 0 aliphatic rings.